The summed E-state index contributed by atoms with van der Waals surface area (Å²) in [5.41, 5.74) is 7.83. The molecule has 1 amide bonds. The molecule has 1 aromatic heterocycles. The Hall–Kier alpha value is -4.17. The summed E-state index contributed by atoms with van der Waals surface area (Å²) in [6, 6.07) is 10.7. The van der Waals surface area contributed by atoms with E-state index in [4.69, 9.17) is 20.5 Å². The molecule has 0 spiro atoms. The van der Waals surface area contributed by atoms with Crippen molar-refractivity contribution in [1.29, 1.82) is 5.26 Å². The summed E-state index contributed by atoms with van der Waals surface area (Å²) in [4.78, 5) is 26.4. The van der Waals surface area contributed by atoms with Crippen molar-refractivity contribution >= 4 is 28.6 Å². The number of carbonyl (C=O) groups is 1. The van der Waals surface area contributed by atoms with Crippen molar-refractivity contribution in [2.75, 3.05) is 37.9 Å². The number of piperazine rings is 1. The lowest BCUT2D eigenvalue weighted by Crippen LogP contribution is -2.59. The van der Waals surface area contributed by atoms with E-state index in [9.17, 15) is 4.79 Å². The molecule has 3 atom stereocenters. The van der Waals surface area contributed by atoms with Gasteiger partial charge in [-0.15, -0.1) is 0 Å². The zero-order chi connectivity index (χ0) is 29.1. The molecule has 0 unspecified atom stereocenters. The highest BCUT2D eigenvalue weighted by Crippen LogP contribution is 2.38. The maximum absolute atomic E-state index is 15.4. The fourth-order valence-electron chi connectivity index (χ4n) is 5.34. The number of benzene rings is 2. The molecule has 0 aliphatic carbocycles. The van der Waals surface area contributed by atoms with Crippen LogP contribution >= 0.6 is 0 Å². The molecule has 2 heterocycles. The van der Waals surface area contributed by atoms with Gasteiger partial charge in [0.15, 0.2) is 17.3 Å². The van der Waals surface area contributed by atoms with Crippen molar-refractivity contribution in [2.45, 2.75) is 58.3 Å². The molecule has 2 aromatic carbocycles. The molecule has 1 aliphatic heterocycles. The highest BCUT2D eigenvalue weighted by molar-refractivity contribution is 5.92. The Balaban J connectivity index is 1.56. The number of nitrogens with zero attached hydrogens (tertiary/aromatic N) is 5. The maximum Gasteiger partial charge on any atom is 0.228 e. The van der Waals surface area contributed by atoms with E-state index in [-0.39, 0.29) is 59.3 Å². The molecule has 40 heavy (non-hydrogen) atoms. The predicted molar refractivity (Wildman–Crippen MR) is 152 cm³/mol. The predicted octanol–water partition coefficient (Wildman–Crippen LogP) is 3.79. The van der Waals surface area contributed by atoms with Crippen LogP contribution in [0.4, 0.5) is 16.2 Å². The number of fused-ring (bicyclic) bond motifs is 1. The van der Waals surface area contributed by atoms with Gasteiger partial charge in [0.1, 0.15) is 11.3 Å². The van der Waals surface area contributed by atoms with Crippen LogP contribution in [0.25, 0.3) is 10.9 Å². The van der Waals surface area contributed by atoms with Gasteiger partial charge in [0, 0.05) is 49.1 Å². The number of carbonyl (C=O) groups excluding carboxylic acids is 1. The molecule has 1 fully saturated rings. The van der Waals surface area contributed by atoms with Crippen molar-refractivity contribution in [3.05, 3.63) is 47.3 Å². The number of amides is 1. The minimum absolute atomic E-state index is 0.0164. The van der Waals surface area contributed by atoms with Crippen LogP contribution in [-0.4, -0.2) is 66.2 Å². The molecule has 0 bridgehead atoms. The van der Waals surface area contributed by atoms with Crippen molar-refractivity contribution in [3.8, 4) is 17.6 Å². The maximum atomic E-state index is 15.4. The molecule has 3 N–H and O–H groups in total. The Morgan fingerprint density at radius 3 is 2.38 bits per heavy atom. The Morgan fingerprint density at radius 2 is 1.82 bits per heavy atom. The van der Waals surface area contributed by atoms with E-state index >= 15 is 4.39 Å². The van der Waals surface area contributed by atoms with Gasteiger partial charge in [0.05, 0.1) is 25.9 Å². The number of halogens is 1. The van der Waals surface area contributed by atoms with E-state index in [2.05, 4.69) is 21.4 Å². The minimum Gasteiger partial charge on any atom is -0.493 e. The smallest absolute Gasteiger partial charge is 0.228 e. The summed E-state index contributed by atoms with van der Waals surface area (Å²) in [6.07, 6.45) is 0.274. The van der Waals surface area contributed by atoms with Crippen molar-refractivity contribution in [1.82, 2.24) is 20.2 Å². The summed E-state index contributed by atoms with van der Waals surface area (Å²) < 4.78 is 25.8. The van der Waals surface area contributed by atoms with Crippen LogP contribution in [0.1, 0.15) is 51.3 Å². The van der Waals surface area contributed by atoms with E-state index in [0.717, 1.165) is 5.56 Å². The van der Waals surface area contributed by atoms with Gasteiger partial charge in [-0.2, -0.15) is 10.2 Å². The lowest BCUT2D eigenvalue weighted by Gasteiger charge is -2.44. The second-order valence-electron chi connectivity index (χ2n) is 10.4. The van der Waals surface area contributed by atoms with E-state index < -0.39 is 5.82 Å². The topological polar surface area (TPSA) is 130 Å². The number of rotatable bonds is 8. The van der Waals surface area contributed by atoms with E-state index in [1.54, 1.807) is 18.2 Å². The molecule has 10 nitrogen and oxygen atoms in total. The second kappa shape index (κ2) is 11.9. The zero-order valence-corrected chi connectivity index (χ0v) is 23.7. The van der Waals surface area contributed by atoms with Crippen LogP contribution in [0.2, 0.25) is 0 Å². The number of nitrogens with one attached hydrogen (secondary N) is 1. The van der Waals surface area contributed by atoms with E-state index in [1.165, 1.54) is 14.2 Å². The van der Waals surface area contributed by atoms with Gasteiger partial charge in [-0.3, -0.25) is 4.79 Å². The number of ether oxygens (including phenoxy) is 2. The average Bonchev–Trinajstić information content (AvgIpc) is 2.92. The molecular formula is C29H36FN7O3. The van der Waals surface area contributed by atoms with Crippen molar-refractivity contribution < 1.29 is 18.7 Å². The Bertz CT molecular complexity index is 1410. The lowest BCUT2D eigenvalue weighted by molar-refractivity contribution is -0.133. The molecule has 0 saturated carbocycles. The van der Waals surface area contributed by atoms with E-state index in [1.807, 2.05) is 49.6 Å². The van der Waals surface area contributed by atoms with Crippen LogP contribution in [-0.2, 0) is 4.79 Å². The third-order valence-corrected chi connectivity index (χ3v) is 7.15. The van der Waals surface area contributed by atoms with Crippen LogP contribution in [0.3, 0.4) is 0 Å². The number of nitriles is 1. The number of hydrogen-bond donors (Lipinski definition) is 2. The standard InChI is InChI=1S/C29H36FN7O3/c1-16(2)33-22(20-9-7-19(13-31)8-10-20)12-24(38)36-14-17(3)37(18(4)15-36)29-34-26-21(28(32)35-29)11-23(39-5)27(40-6)25(26)30/h7-11,16-18,22,33H,12,14-15H2,1-6H3,(H2,32,34,35)/t17-,18+,22-/m1/s1. The fourth-order valence-corrected chi connectivity index (χ4v) is 5.34. The number of methoxy groups -OCH3 is 2. The summed E-state index contributed by atoms with van der Waals surface area (Å²) in [5, 5.41) is 12.9. The van der Waals surface area contributed by atoms with Gasteiger partial charge in [-0.1, -0.05) is 26.0 Å². The molecule has 4 rings (SSSR count). The molecule has 1 saturated heterocycles. The summed E-state index contributed by atoms with van der Waals surface area (Å²) in [6.45, 7) is 8.92. The molecule has 1 aliphatic rings. The molecule has 11 heteroatoms. The SMILES string of the molecule is COc1cc2c(N)nc(N3[C@H](C)CN(C(=O)C[C@@H](NC(C)C)c4ccc(C#N)cc4)C[C@@H]3C)nc2c(F)c1OC. The largest absolute Gasteiger partial charge is 0.493 e. The summed E-state index contributed by atoms with van der Waals surface area (Å²) >= 11 is 0. The highest BCUT2D eigenvalue weighted by Gasteiger charge is 2.35. The average molecular weight is 550 g/mol. The zero-order valence-electron chi connectivity index (χ0n) is 23.7. The number of anilines is 2. The Labute approximate surface area is 233 Å². The van der Waals surface area contributed by atoms with Crippen LogP contribution in [0, 0.1) is 17.1 Å². The van der Waals surface area contributed by atoms with Crippen molar-refractivity contribution in [3.63, 3.8) is 0 Å². The van der Waals surface area contributed by atoms with Gasteiger partial charge in [0.25, 0.3) is 0 Å². The molecule has 3 aromatic rings. The summed E-state index contributed by atoms with van der Waals surface area (Å²) in [5.74, 6) is -0.0866. The van der Waals surface area contributed by atoms with Gasteiger partial charge in [-0.25, -0.2) is 9.37 Å². The number of aromatic nitrogens is 2. The first-order valence-electron chi connectivity index (χ1n) is 13.3. The number of nitrogen functional groups attached to an aromatic ring is 1. The Kier molecular flexibility index (Phi) is 8.59. The Morgan fingerprint density at radius 1 is 1.18 bits per heavy atom. The molecular weight excluding hydrogens is 513 g/mol. The quantitative estimate of drug-likeness (QED) is 0.431. The van der Waals surface area contributed by atoms with Gasteiger partial charge in [0.2, 0.25) is 11.9 Å². The molecule has 0 radical (unpaired) electrons. The van der Waals surface area contributed by atoms with Crippen LogP contribution in [0.5, 0.6) is 11.5 Å². The third-order valence-electron chi connectivity index (χ3n) is 7.15. The normalized spacial score (nSPS) is 18.1. The first kappa shape index (κ1) is 28.8. The number of nitrogens with two attached hydrogens (primary N) is 1. The fraction of sp³-hybridized carbons (Fsp3) is 0.448. The molecule has 212 valence electrons. The first-order chi connectivity index (χ1) is 19.1. The highest BCUT2D eigenvalue weighted by atomic mass is 19.1. The monoisotopic (exact) mass is 549 g/mol. The van der Waals surface area contributed by atoms with Crippen molar-refractivity contribution in [2.24, 2.45) is 0 Å². The van der Waals surface area contributed by atoms with Gasteiger partial charge < -0.3 is 30.3 Å². The van der Waals surface area contributed by atoms with Gasteiger partial charge >= 0.3 is 0 Å². The third kappa shape index (κ3) is 5.72. The van der Waals surface area contributed by atoms with Crippen LogP contribution in [0.15, 0.2) is 30.3 Å². The minimum atomic E-state index is -0.673. The number of hydrogen-bond acceptors (Lipinski definition) is 9. The lowest BCUT2D eigenvalue weighted by atomic mass is 9.99. The first-order valence-corrected chi connectivity index (χ1v) is 13.3. The second-order valence-corrected chi connectivity index (χ2v) is 10.4. The van der Waals surface area contributed by atoms with Crippen LogP contribution < -0.4 is 25.4 Å². The van der Waals surface area contributed by atoms with E-state index in [0.29, 0.717) is 30.0 Å². The summed E-state index contributed by atoms with van der Waals surface area (Å²) in [7, 11) is 2.78. The van der Waals surface area contributed by atoms with Gasteiger partial charge in [-0.05, 0) is 37.6 Å².